The van der Waals surface area contributed by atoms with Crippen molar-refractivity contribution in [1.29, 1.82) is 0 Å². The molecule has 100 valence electrons. The van der Waals surface area contributed by atoms with Crippen molar-refractivity contribution in [2.75, 3.05) is 14.2 Å². The van der Waals surface area contributed by atoms with Crippen LogP contribution in [-0.4, -0.2) is 20.2 Å². The van der Waals surface area contributed by atoms with Crippen molar-refractivity contribution in [2.45, 2.75) is 33.1 Å². The van der Waals surface area contributed by atoms with Crippen molar-refractivity contribution in [3.8, 4) is 5.75 Å². The molecule has 0 radical (unpaired) electrons. The van der Waals surface area contributed by atoms with Crippen LogP contribution in [0.1, 0.15) is 42.3 Å². The highest BCUT2D eigenvalue weighted by Gasteiger charge is 2.27. The lowest BCUT2D eigenvalue weighted by Crippen LogP contribution is -2.17. The summed E-state index contributed by atoms with van der Waals surface area (Å²) in [6, 6.07) is 2.07. The van der Waals surface area contributed by atoms with E-state index in [1.807, 2.05) is 6.92 Å². The predicted octanol–water partition coefficient (Wildman–Crippen LogP) is 3.69. The number of rotatable bonds is 2. The first-order valence-electron chi connectivity index (χ1n) is 5.70. The number of hydrogen-bond acceptors (Lipinski definition) is 3. The first-order chi connectivity index (χ1) is 8.23. The van der Waals surface area contributed by atoms with Crippen LogP contribution < -0.4 is 4.74 Å². The predicted molar refractivity (Wildman–Crippen MR) is 80.5 cm³/mol. The van der Waals surface area contributed by atoms with Crippen molar-refractivity contribution in [2.24, 2.45) is 0 Å². The topological polar surface area (TPSA) is 35.5 Å². The number of methoxy groups -OCH3 is 2. The molecule has 0 aliphatic rings. The lowest BCUT2D eigenvalue weighted by molar-refractivity contribution is 0.0595. The molecule has 0 aromatic heterocycles. The molecule has 0 amide bonds. The third-order valence-electron chi connectivity index (χ3n) is 2.88. The van der Waals surface area contributed by atoms with Crippen LogP contribution in [0.15, 0.2) is 6.07 Å². The second kappa shape index (κ2) is 5.47. The maximum absolute atomic E-state index is 11.9. The van der Waals surface area contributed by atoms with E-state index < -0.39 is 0 Å². The van der Waals surface area contributed by atoms with Crippen LogP contribution in [0.2, 0.25) is 0 Å². The van der Waals surface area contributed by atoms with Crippen molar-refractivity contribution >= 4 is 28.6 Å². The standard InChI is InChI=1S/C14H19IO3/c1-8-10(15)7-9(14(2,3)4)12(17-5)11(8)13(16)18-6/h7H,1-6H3. The second-order valence-electron chi connectivity index (χ2n) is 5.18. The van der Waals surface area contributed by atoms with Crippen LogP contribution in [0.4, 0.5) is 0 Å². The molecule has 4 heteroatoms. The van der Waals surface area contributed by atoms with E-state index in [1.165, 1.54) is 7.11 Å². The summed E-state index contributed by atoms with van der Waals surface area (Å²) in [6.45, 7) is 8.19. The molecular weight excluding hydrogens is 343 g/mol. The summed E-state index contributed by atoms with van der Waals surface area (Å²) in [4.78, 5) is 11.9. The van der Waals surface area contributed by atoms with Crippen molar-refractivity contribution in [1.82, 2.24) is 0 Å². The van der Waals surface area contributed by atoms with E-state index in [-0.39, 0.29) is 11.4 Å². The summed E-state index contributed by atoms with van der Waals surface area (Å²) < 4.78 is 11.4. The fourth-order valence-corrected chi connectivity index (χ4v) is 2.42. The highest BCUT2D eigenvalue weighted by atomic mass is 127. The van der Waals surface area contributed by atoms with E-state index in [0.29, 0.717) is 11.3 Å². The molecule has 0 N–H and O–H groups in total. The SMILES string of the molecule is COC(=O)c1c(C)c(I)cc(C(C)(C)C)c1OC. The van der Waals surface area contributed by atoms with Crippen LogP contribution in [0, 0.1) is 10.5 Å². The maximum Gasteiger partial charge on any atom is 0.341 e. The van der Waals surface area contributed by atoms with Crippen molar-refractivity contribution < 1.29 is 14.3 Å². The fraction of sp³-hybridized carbons (Fsp3) is 0.500. The monoisotopic (exact) mass is 362 g/mol. The summed E-state index contributed by atoms with van der Waals surface area (Å²) in [5.74, 6) is 0.264. The Labute approximate surface area is 122 Å². The number of carbonyl (C=O) groups excluding carboxylic acids is 1. The Balaban J connectivity index is 3.68. The molecule has 1 rings (SSSR count). The van der Waals surface area contributed by atoms with Gasteiger partial charge in [0.15, 0.2) is 0 Å². The maximum atomic E-state index is 11.9. The van der Waals surface area contributed by atoms with Gasteiger partial charge >= 0.3 is 5.97 Å². The number of carbonyl (C=O) groups is 1. The molecule has 0 aliphatic heterocycles. The molecule has 0 bridgehead atoms. The van der Waals surface area contributed by atoms with Gasteiger partial charge in [-0.3, -0.25) is 0 Å². The van der Waals surface area contributed by atoms with Gasteiger partial charge in [0.25, 0.3) is 0 Å². The zero-order chi connectivity index (χ0) is 14.1. The molecule has 3 nitrogen and oxygen atoms in total. The third-order valence-corrected chi connectivity index (χ3v) is 4.00. The van der Waals surface area contributed by atoms with E-state index >= 15 is 0 Å². The molecule has 1 aromatic rings. The van der Waals surface area contributed by atoms with Crippen LogP contribution in [0.3, 0.4) is 0 Å². The highest BCUT2D eigenvalue weighted by molar-refractivity contribution is 14.1. The highest BCUT2D eigenvalue weighted by Crippen LogP contribution is 2.38. The summed E-state index contributed by atoms with van der Waals surface area (Å²) in [6.07, 6.45) is 0. The molecule has 18 heavy (non-hydrogen) atoms. The first kappa shape index (κ1) is 15.3. The molecule has 1 aromatic carbocycles. The zero-order valence-electron chi connectivity index (χ0n) is 11.7. The number of benzene rings is 1. The number of hydrogen-bond donors (Lipinski definition) is 0. The Bertz CT molecular complexity index is 473. The van der Waals surface area contributed by atoms with Gasteiger partial charge in [-0.1, -0.05) is 20.8 Å². The van der Waals surface area contributed by atoms with E-state index in [0.717, 1.165) is 14.7 Å². The molecule has 0 saturated carbocycles. The van der Waals surface area contributed by atoms with Gasteiger partial charge < -0.3 is 9.47 Å². The van der Waals surface area contributed by atoms with Gasteiger partial charge in [-0.2, -0.15) is 0 Å². The summed E-state index contributed by atoms with van der Waals surface area (Å²) >= 11 is 2.23. The Hall–Kier alpha value is -0.780. The van der Waals surface area contributed by atoms with Gasteiger partial charge in [0, 0.05) is 9.13 Å². The molecule has 0 atom stereocenters. The molecule has 0 unspecified atom stereocenters. The molecule has 0 heterocycles. The van der Waals surface area contributed by atoms with Crippen molar-refractivity contribution in [3.05, 3.63) is 26.3 Å². The fourth-order valence-electron chi connectivity index (χ4n) is 1.84. The van der Waals surface area contributed by atoms with Gasteiger partial charge in [0.2, 0.25) is 0 Å². The van der Waals surface area contributed by atoms with E-state index in [2.05, 4.69) is 49.4 Å². The van der Waals surface area contributed by atoms with Crippen molar-refractivity contribution in [3.63, 3.8) is 0 Å². The number of ether oxygens (including phenoxy) is 2. The number of esters is 1. The van der Waals surface area contributed by atoms with E-state index in [4.69, 9.17) is 9.47 Å². The molecule has 0 spiro atoms. The van der Waals surface area contributed by atoms with Crippen LogP contribution in [-0.2, 0) is 10.2 Å². The zero-order valence-corrected chi connectivity index (χ0v) is 13.8. The minimum absolute atomic E-state index is 0.0955. The minimum atomic E-state index is -0.353. The Morgan fingerprint density at radius 2 is 1.83 bits per heavy atom. The Kier molecular flexibility index (Phi) is 4.64. The molecule has 0 aliphatic carbocycles. The lowest BCUT2D eigenvalue weighted by atomic mass is 9.84. The molecule has 0 saturated heterocycles. The van der Waals surface area contributed by atoms with Gasteiger partial charge in [-0.05, 0) is 46.6 Å². The second-order valence-corrected chi connectivity index (χ2v) is 6.34. The summed E-state index contributed by atoms with van der Waals surface area (Å²) in [5, 5.41) is 0. The van der Waals surface area contributed by atoms with Gasteiger partial charge in [-0.25, -0.2) is 4.79 Å². The van der Waals surface area contributed by atoms with Crippen LogP contribution in [0.5, 0.6) is 5.75 Å². The van der Waals surface area contributed by atoms with Gasteiger partial charge in [-0.15, -0.1) is 0 Å². The minimum Gasteiger partial charge on any atom is -0.496 e. The third kappa shape index (κ3) is 2.79. The summed E-state index contributed by atoms with van der Waals surface area (Å²) in [7, 11) is 2.97. The lowest BCUT2D eigenvalue weighted by Gasteiger charge is -2.25. The first-order valence-corrected chi connectivity index (χ1v) is 6.77. The normalized spacial score (nSPS) is 11.3. The van der Waals surface area contributed by atoms with Crippen LogP contribution >= 0.6 is 22.6 Å². The summed E-state index contributed by atoms with van der Waals surface area (Å²) in [5.41, 5.74) is 2.34. The van der Waals surface area contributed by atoms with E-state index in [9.17, 15) is 4.79 Å². The number of halogens is 1. The largest absolute Gasteiger partial charge is 0.496 e. The quantitative estimate of drug-likeness (QED) is 0.595. The Morgan fingerprint density at radius 3 is 2.22 bits per heavy atom. The van der Waals surface area contributed by atoms with Gasteiger partial charge in [0.1, 0.15) is 11.3 Å². The molecule has 0 fully saturated rings. The Morgan fingerprint density at radius 1 is 1.28 bits per heavy atom. The average Bonchev–Trinajstić information content (AvgIpc) is 2.29. The van der Waals surface area contributed by atoms with Crippen LogP contribution in [0.25, 0.3) is 0 Å². The van der Waals surface area contributed by atoms with Gasteiger partial charge in [0.05, 0.1) is 14.2 Å². The smallest absolute Gasteiger partial charge is 0.341 e. The van der Waals surface area contributed by atoms with E-state index in [1.54, 1.807) is 7.11 Å². The molecular formula is C14H19IO3. The average molecular weight is 362 g/mol.